The van der Waals surface area contributed by atoms with Crippen molar-refractivity contribution in [3.8, 4) is 0 Å². The molecule has 10 nitrogen and oxygen atoms in total. The molecule has 2 fully saturated rings. The second-order valence-electron chi connectivity index (χ2n) is 15.2. The molecule has 328 valence electrons. The number of alkyl halides is 2. The van der Waals surface area contributed by atoms with Crippen molar-refractivity contribution in [3.05, 3.63) is 150 Å². The lowest BCUT2D eigenvalue weighted by atomic mass is 9.79. The average molecular weight is 883 g/mol. The van der Waals surface area contributed by atoms with Crippen LogP contribution in [0.3, 0.4) is 0 Å². The first-order chi connectivity index (χ1) is 29.4. The normalized spacial score (nSPS) is 17.1. The van der Waals surface area contributed by atoms with Gasteiger partial charge in [-0.2, -0.15) is 0 Å². The molecule has 5 N–H and O–H groups in total. The van der Waals surface area contributed by atoms with Crippen molar-refractivity contribution in [2.45, 2.75) is 83.0 Å². The Hall–Kier alpha value is -6.03. The van der Waals surface area contributed by atoms with Gasteiger partial charge in [-0.15, -0.1) is 0 Å². The zero-order valence-electron chi connectivity index (χ0n) is 34.1. The number of nitrogens with two attached hydrogens (primary N) is 1. The number of nitrogens with one attached hydrogen (secondary N) is 3. The maximum absolute atomic E-state index is 13.4. The molecule has 0 unspecified atom stereocenters. The minimum Gasteiger partial charge on any atom is -0.364 e. The summed E-state index contributed by atoms with van der Waals surface area (Å²) in [5.41, 5.74) is 7.62. The van der Waals surface area contributed by atoms with Crippen molar-refractivity contribution in [3.63, 3.8) is 0 Å². The van der Waals surface area contributed by atoms with E-state index in [9.17, 15) is 45.5 Å². The Bertz CT molecular complexity index is 2670. The lowest BCUT2D eigenvalue weighted by Gasteiger charge is -2.29. The molecule has 2 aromatic carbocycles. The molecule has 0 radical (unpaired) electrons. The molecule has 4 aromatic heterocycles. The highest BCUT2D eigenvalue weighted by molar-refractivity contribution is 6.31. The number of hydrogen-bond donors (Lipinski definition) is 4. The van der Waals surface area contributed by atoms with E-state index in [-0.39, 0.29) is 68.8 Å². The molecule has 0 saturated heterocycles. The Kier molecular flexibility index (Phi) is 15.7. The van der Waals surface area contributed by atoms with Crippen LogP contribution >= 0.6 is 11.6 Å². The number of H-pyrrole nitrogens is 2. The summed E-state index contributed by atoms with van der Waals surface area (Å²) in [6, 6.07) is 11.4. The maximum atomic E-state index is 13.4. The van der Waals surface area contributed by atoms with Gasteiger partial charge >= 0.3 is 0 Å². The van der Waals surface area contributed by atoms with Gasteiger partial charge in [0, 0.05) is 56.8 Å². The number of amides is 2. The number of aromatic nitrogens is 4. The first-order valence-electron chi connectivity index (χ1n) is 19.8. The van der Waals surface area contributed by atoms with Crippen molar-refractivity contribution < 1.29 is 35.9 Å². The van der Waals surface area contributed by atoms with Crippen LogP contribution in [0.1, 0.15) is 108 Å². The van der Waals surface area contributed by atoms with Crippen LogP contribution in [0.5, 0.6) is 0 Å². The quantitative estimate of drug-likeness (QED) is 0.102. The molecule has 2 atom stereocenters. The van der Waals surface area contributed by atoms with Crippen LogP contribution in [-0.4, -0.2) is 44.7 Å². The Labute approximate surface area is 357 Å². The average Bonchev–Trinajstić information content (AvgIpc) is 3.25. The smallest absolute Gasteiger partial charge is 0.270 e. The van der Waals surface area contributed by atoms with Gasteiger partial charge < -0.3 is 21.0 Å². The molecule has 4 heterocycles. The number of nitrogens with zero attached hydrogens (tertiary/aromatic N) is 2. The number of pyridine rings is 4. The number of primary amides is 1. The minimum atomic E-state index is -2.59. The van der Waals surface area contributed by atoms with E-state index >= 15 is 0 Å². The molecule has 62 heavy (non-hydrogen) atoms. The molecule has 17 heteroatoms. The van der Waals surface area contributed by atoms with E-state index in [0.717, 1.165) is 30.9 Å². The van der Waals surface area contributed by atoms with Gasteiger partial charge in [-0.25, -0.2) is 26.3 Å². The topological polar surface area (TPSA) is 164 Å². The summed E-state index contributed by atoms with van der Waals surface area (Å²) in [6.07, 6.45) is 10.7. The molecule has 2 amide bonds. The van der Waals surface area contributed by atoms with Crippen LogP contribution in [-0.2, 0) is 0 Å². The molecule has 0 aliphatic heterocycles. The fourth-order valence-electron chi connectivity index (χ4n) is 7.75. The van der Waals surface area contributed by atoms with E-state index in [1.807, 2.05) is 0 Å². The Morgan fingerprint density at radius 3 is 1.84 bits per heavy atom. The summed E-state index contributed by atoms with van der Waals surface area (Å²) in [7, 11) is 1.50. The fourth-order valence-corrected chi connectivity index (χ4v) is 8.06. The first kappa shape index (κ1) is 47.0. The molecule has 0 bridgehead atoms. The van der Waals surface area contributed by atoms with Gasteiger partial charge in [0.25, 0.3) is 11.8 Å². The SMILES string of the molecule is CNC(=O)c1nccc2[nH]ccc(=O)c12.C[C@H]1CCC[C@@H](c2ccc(F)c(F)c2Cl)C1.Cc1c(C2CCC(F)(F)CC2)ccc(F)c1F.NC(=O)c1nccc2[nH]ccc(=O)c12. The van der Waals surface area contributed by atoms with Crippen molar-refractivity contribution in [2.24, 2.45) is 11.7 Å². The van der Waals surface area contributed by atoms with E-state index in [1.165, 1.54) is 69.4 Å². The third-order valence-electron chi connectivity index (χ3n) is 11.0. The summed E-state index contributed by atoms with van der Waals surface area (Å²) >= 11 is 5.86. The van der Waals surface area contributed by atoms with Gasteiger partial charge in [0.15, 0.2) is 34.1 Å². The predicted octanol–water partition coefficient (Wildman–Crippen LogP) is 9.78. The van der Waals surface area contributed by atoms with Gasteiger partial charge in [-0.1, -0.05) is 43.5 Å². The molecule has 6 aromatic rings. The summed E-state index contributed by atoms with van der Waals surface area (Å²) in [6.45, 7) is 3.69. The highest BCUT2D eigenvalue weighted by Gasteiger charge is 2.36. The van der Waals surface area contributed by atoms with Gasteiger partial charge in [0.1, 0.15) is 11.4 Å². The Balaban J connectivity index is 0.000000156. The maximum Gasteiger partial charge on any atom is 0.270 e. The number of aromatic amines is 2. The Morgan fingerprint density at radius 2 is 1.29 bits per heavy atom. The van der Waals surface area contributed by atoms with E-state index in [0.29, 0.717) is 40.7 Å². The third-order valence-corrected chi connectivity index (χ3v) is 11.4. The molecular formula is C45H45ClF6N6O4. The standard InChI is InChI=1S/C13H15ClF2.C13H14F4.C10H9N3O2.C9H7N3O2/c1-8-3-2-4-9(7-8)10-5-6-11(15)13(16)12(10)14;1-8-10(2-3-11(14)12(8)15)9-4-6-13(16,17)7-5-9;1-11-10(15)9-8-6(2-4-13-9)12-5-3-7(8)14;10-9(14)8-7-5(1-3-12-8)11-4-2-6(7)13/h5-6,8-9H,2-4,7H2,1H3;2-3,9H,4-7H2,1H3;2-5H,1H3,(H,11,15)(H,12,14);1-4H,(H2,10,14)(H,11,13)/t8-,9+;;;/m0.../s1. The zero-order valence-corrected chi connectivity index (χ0v) is 34.8. The second-order valence-corrected chi connectivity index (χ2v) is 15.6. The van der Waals surface area contributed by atoms with Crippen LogP contribution in [0, 0.1) is 36.1 Å². The van der Waals surface area contributed by atoms with Crippen LogP contribution in [0.2, 0.25) is 5.02 Å². The van der Waals surface area contributed by atoms with Crippen LogP contribution in [0.15, 0.2) is 82.9 Å². The van der Waals surface area contributed by atoms with E-state index < -0.39 is 35.1 Å². The van der Waals surface area contributed by atoms with Crippen LogP contribution in [0.25, 0.3) is 21.8 Å². The van der Waals surface area contributed by atoms with Crippen molar-refractivity contribution in [1.29, 1.82) is 0 Å². The molecule has 0 spiro atoms. The highest BCUT2D eigenvalue weighted by Crippen LogP contribution is 2.42. The van der Waals surface area contributed by atoms with Crippen molar-refractivity contribution in [1.82, 2.24) is 25.3 Å². The van der Waals surface area contributed by atoms with Crippen molar-refractivity contribution >= 4 is 45.2 Å². The highest BCUT2D eigenvalue weighted by atomic mass is 35.5. The van der Waals surface area contributed by atoms with Gasteiger partial charge in [-0.05, 0) is 91.3 Å². The number of halogens is 7. The summed E-state index contributed by atoms with van der Waals surface area (Å²) in [4.78, 5) is 58.9. The van der Waals surface area contributed by atoms with Crippen LogP contribution in [0.4, 0.5) is 26.3 Å². The van der Waals surface area contributed by atoms with Gasteiger partial charge in [0.05, 0.1) is 26.8 Å². The second kappa shape index (κ2) is 20.7. The summed E-state index contributed by atoms with van der Waals surface area (Å²) in [5, 5.41) is 2.98. The molecule has 2 saturated carbocycles. The Morgan fingerprint density at radius 1 is 0.758 bits per heavy atom. The third kappa shape index (κ3) is 11.3. The molecule has 8 rings (SSSR count). The summed E-state index contributed by atoms with van der Waals surface area (Å²) in [5.74, 6) is -6.32. The lowest BCUT2D eigenvalue weighted by Crippen LogP contribution is -2.24. The zero-order chi connectivity index (χ0) is 45.3. The number of carbonyl (C=O) groups excluding carboxylic acids is 2. The molecule has 2 aliphatic rings. The lowest BCUT2D eigenvalue weighted by molar-refractivity contribution is -0.0382. The number of fused-ring (bicyclic) bond motifs is 2. The van der Waals surface area contributed by atoms with E-state index in [1.54, 1.807) is 18.2 Å². The first-order valence-corrected chi connectivity index (χ1v) is 20.2. The van der Waals surface area contributed by atoms with E-state index in [4.69, 9.17) is 17.3 Å². The minimum absolute atomic E-state index is 0.00403. The molecule has 2 aliphatic carbocycles. The van der Waals surface area contributed by atoms with E-state index in [2.05, 4.69) is 32.2 Å². The van der Waals surface area contributed by atoms with Crippen LogP contribution < -0.4 is 21.9 Å². The number of carbonyl (C=O) groups is 2. The largest absolute Gasteiger partial charge is 0.364 e. The number of rotatable bonds is 4. The predicted molar refractivity (Wildman–Crippen MR) is 226 cm³/mol. The van der Waals surface area contributed by atoms with Crippen molar-refractivity contribution in [2.75, 3.05) is 7.05 Å². The monoisotopic (exact) mass is 882 g/mol. The number of hydrogen-bond acceptors (Lipinski definition) is 6. The van der Waals surface area contributed by atoms with Gasteiger partial charge in [0.2, 0.25) is 5.92 Å². The summed E-state index contributed by atoms with van der Waals surface area (Å²) < 4.78 is 78.6. The fraction of sp³-hybridized carbons (Fsp3) is 0.333. The van der Waals surface area contributed by atoms with Gasteiger partial charge in [-0.3, -0.25) is 29.1 Å². The number of benzene rings is 2. The molecular weight excluding hydrogens is 838 g/mol.